The van der Waals surface area contributed by atoms with Crippen molar-refractivity contribution >= 4 is 29.7 Å². The minimum atomic E-state index is -1.24. The van der Waals surface area contributed by atoms with Crippen molar-refractivity contribution in [2.75, 3.05) is 19.7 Å². The van der Waals surface area contributed by atoms with Crippen LogP contribution in [0.1, 0.15) is 52.4 Å². The number of aliphatic carboxylic acids is 1. The summed E-state index contributed by atoms with van der Waals surface area (Å²) in [7, 11) is 0. The normalized spacial score (nSPS) is 15.1. The molecule has 202 valence electrons. The SMILES string of the molecule is CCC(C)C(NC(=O)C(N)CO)C(=O)NC(CCCCN)C(=O)NC(CCCN=C(N)N)C(=O)O. The topological polar surface area (TPSA) is 261 Å². The lowest BCUT2D eigenvalue weighted by molar-refractivity contribution is -0.142. The summed E-state index contributed by atoms with van der Waals surface area (Å²) in [5.74, 6) is -3.66. The highest BCUT2D eigenvalue weighted by Crippen LogP contribution is 2.11. The van der Waals surface area contributed by atoms with Crippen molar-refractivity contribution in [3.8, 4) is 0 Å². The van der Waals surface area contributed by atoms with E-state index in [9.17, 15) is 24.3 Å². The molecule has 5 unspecified atom stereocenters. The molecule has 14 heteroatoms. The molecule has 0 saturated heterocycles. The van der Waals surface area contributed by atoms with E-state index in [4.69, 9.17) is 28.0 Å². The summed E-state index contributed by atoms with van der Waals surface area (Å²) in [4.78, 5) is 53.6. The quantitative estimate of drug-likeness (QED) is 0.0523. The Labute approximate surface area is 205 Å². The van der Waals surface area contributed by atoms with Gasteiger partial charge in [0.2, 0.25) is 17.7 Å². The van der Waals surface area contributed by atoms with Crippen molar-refractivity contribution in [3.05, 3.63) is 0 Å². The Morgan fingerprint density at radius 1 is 0.914 bits per heavy atom. The second kappa shape index (κ2) is 17.5. The van der Waals surface area contributed by atoms with Gasteiger partial charge in [-0.1, -0.05) is 20.3 Å². The molecule has 0 saturated carbocycles. The number of guanidine groups is 1. The van der Waals surface area contributed by atoms with Crippen molar-refractivity contribution in [1.29, 1.82) is 0 Å². The van der Waals surface area contributed by atoms with Gasteiger partial charge in [-0.2, -0.15) is 0 Å². The van der Waals surface area contributed by atoms with Crippen LogP contribution in [0.25, 0.3) is 0 Å². The lowest BCUT2D eigenvalue weighted by Gasteiger charge is -2.28. The molecule has 14 nitrogen and oxygen atoms in total. The molecule has 0 bridgehead atoms. The van der Waals surface area contributed by atoms with E-state index < -0.39 is 54.5 Å². The number of hydrogen-bond donors (Lipinski definition) is 9. The number of carbonyl (C=O) groups excluding carboxylic acids is 3. The molecule has 0 aromatic heterocycles. The fraction of sp³-hybridized carbons (Fsp3) is 0.762. The van der Waals surface area contributed by atoms with Gasteiger partial charge in [0.1, 0.15) is 24.2 Å². The maximum atomic E-state index is 13.0. The van der Waals surface area contributed by atoms with E-state index >= 15 is 0 Å². The van der Waals surface area contributed by atoms with Crippen LogP contribution >= 0.6 is 0 Å². The number of nitrogens with two attached hydrogens (primary N) is 4. The molecule has 0 rings (SSSR count). The molecule has 35 heavy (non-hydrogen) atoms. The molecular formula is C21H42N8O6. The summed E-state index contributed by atoms with van der Waals surface area (Å²) in [5, 5.41) is 26.2. The largest absolute Gasteiger partial charge is 0.480 e. The van der Waals surface area contributed by atoms with E-state index in [0.29, 0.717) is 32.2 Å². The molecule has 5 atom stereocenters. The highest BCUT2D eigenvalue weighted by molar-refractivity contribution is 5.94. The van der Waals surface area contributed by atoms with E-state index in [0.717, 1.165) is 0 Å². The molecular weight excluding hydrogens is 460 g/mol. The Balaban J connectivity index is 5.48. The molecule has 3 amide bonds. The number of hydrogen-bond acceptors (Lipinski definition) is 8. The Morgan fingerprint density at radius 2 is 1.51 bits per heavy atom. The van der Waals surface area contributed by atoms with E-state index in [2.05, 4.69) is 20.9 Å². The number of aliphatic hydroxyl groups is 1. The van der Waals surface area contributed by atoms with E-state index in [-0.39, 0.29) is 31.3 Å². The number of carboxylic acid groups (broad SMARTS) is 1. The predicted octanol–water partition coefficient (Wildman–Crippen LogP) is -2.93. The lowest BCUT2D eigenvalue weighted by Crippen LogP contribution is -2.59. The summed E-state index contributed by atoms with van der Waals surface area (Å²) in [5.41, 5.74) is 21.6. The van der Waals surface area contributed by atoms with Crippen molar-refractivity contribution < 1.29 is 29.4 Å². The Hall–Kier alpha value is -2.97. The number of carbonyl (C=O) groups is 4. The molecule has 0 aliphatic carbocycles. The number of unbranched alkanes of at least 4 members (excludes halogenated alkanes) is 1. The number of carboxylic acids is 1. The first-order chi connectivity index (χ1) is 16.5. The van der Waals surface area contributed by atoms with E-state index in [1.807, 2.05) is 6.92 Å². The number of amides is 3. The van der Waals surface area contributed by atoms with E-state index in [1.54, 1.807) is 6.92 Å². The maximum absolute atomic E-state index is 13.0. The zero-order valence-electron chi connectivity index (χ0n) is 20.5. The highest BCUT2D eigenvalue weighted by Gasteiger charge is 2.32. The van der Waals surface area contributed by atoms with Gasteiger partial charge in [0.25, 0.3) is 0 Å². The first-order valence-electron chi connectivity index (χ1n) is 11.7. The van der Waals surface area contributed by atoms with Gasteiger partial charge in [-0.25, -0.2) is 4.79 Å². The monoisotopic (exact) mass is 502 g/mol. The average Bonchev–Trinajstić information content (AvgIpc) is 2.81. The molecule has 0 spiro atoms. The van der Waals surface area contributed by atoms with Crippen LogP contribution in [0.4, 0.5) is 0 Å². The van der Waals surface area contributed by atoms with Crippen molar-refractivity contribution in [1.82, 2.24) is 16.0 Å². The number of aliphatic imine (C=N–C) groups is 1. The van der Waals surface area contributed by atoms with Crippen molar-refractivity contribution in [2.24, 2.45) is 33.8 Å². The summed E-state index contributed by atoms with van der Waals surface area (Å²) in [6.45, 7) is 3.56. The molecule has 0 aliphatic rings. The minimum absolute atomic E-state index is 0.0753. The maximum Gasteiger partial charge on any atom is 0.326 e. The van der Waals surface area contributed by atoms with Crippen molar-refractivity contribution in [2.45, 2.75) is 76.5 Å². The Kier molecular flexibility index (Phi) is 16.0. The second-order valence-corrected chi connectivity index (χ2v) is 8.35. The summed E-state index contributed by atoms with van der Waals surface area (Å²) in [6.07, 6.45) is 2.24. The van der Waals surface area contributed by atoms with Gasteiger partial charge in [-0.3, -0.25) is 19.4 Å². The first kappa shape index (κ1) is 32.0. The summed E-state index contributed by atoms with van der Waals surface area (Å²) < 4.78 is 0. The fourth-order valence-electron chi connectivity index (χ4n) is 3.10. The highest BCUT2D eigenvalue weighted by atomic mass is 16.4. The van der Waals surface area contributed by atoms with Crippen LogP contribution in [-0.2, 0) is 19.2 Å². The van der Waals surface area contributed by atoms with Crippen LogP contribution in [-0.4, -0.2) is 83.7 Å². The fourth-order valence-corrected chi connectivity index (χ4v) is 3.10. The molecule has 0 aromatic rings. The third-order valence-corrected chi connectivity index (χ3v) is 5.47. The number of rotatable bonds is 18. The average molecular weight is 503 g/mol. The van der Waals surface area contributed by atoms with Crippen LogP contribution in [0.15, 0.2) is 4.99 Å². The van der Waals surface area contributed by atoms with Crippen LogP contribution in [0.5, 0.6) is 0 Å². The predicted molar refractivity (Wildman–Crippen MR) is 131 cm³/mol. The van der Waals surface area contributed by atoms with Gasteiger partial charge in [0, 0.05) is 6.54 Å². The summed E-state index contributed by atoms with van der Waals surface area (Å²) in [6, 6.07) is -4.47. The van der Waals surface area contributed by atoms with Crippen LogP contribution in [0.3, 0.4) is 0 Å². The number of nitrogens with one attached hydrogen (secondary N) is 3. The molecule has 0 radical (unpaired) electrons. The van der Waals surface area contributed by atoms with Crippen LogP contribution in [0, 0.1) is 5.92 Å². The third kappa shape index (κ3) is 12.9. The zero-order valence-corrected chi connectivity index (χ0v) is 20.5. The Morgan fingerprint density at radius 3 is 2.03 bits per heavy atom. The minimum Gasteiger partial charge on any atom is -0.480 e. The summed E-state index contributed by atoms with van der Waals surface area (Å²) >= 11 is 0. The van der Waals surface area contributed by atoms with Gasteiger partial charge >= 0.3 is 5.97 Å². The van der Waals surface area contributed by atoms with E-state index in [1.165, 1.54) is 0 Å². The van der Waals surface area contributed by atoms with Crippen molar-refractivity contribution in [3.63, 3.8) is 0 Å². The first-order valence-corrected chi connectivity index (χ1v) is 11.7. The smallest absolute Gasteiger partial charge is 0.326 e. The molecule has 0 aromatic carbocycles. The van der Waals surface area contributed by atoms with Gasteiger partial charge in [0.15, 0.2) is 5.96 Å². The molecule has 0 heterocycles. The third-order valence-electron chi connectivity index (χ3n) is 5.47. The molecule has 13 N–H and O–H groups in total. The standard InChI is InChI=1S/C21H42N8O6/c1-3-12(2)16(29-17(31)13(23)11-30)19(33)27-14(7-4-5-9-22)18(32)28-15(20(34)35)8-6-10-26-21(24)25/h12-16,30H,3-11,22-23H2,1-2H3,(H,27,33)(H,28,32)(H,29,31)(H,34,35)(H4,24,25,26). The van der Waals surface area contributed by atoms with Crippen LogP contribution in [0.2, 0.25) is 0 Å². The van der Waals surface area contributed by atoms with Crippen LogP contribution < -0.4 is 38.9 Å². The molecule has 0 aliphatic heterocycles. The zero-order chi connectivity index (χ0) is 27.0. The second-order valence-electron chi connectivity index (χ2n) is 8.35. The Bertz CT molecular complexity index is 716. The van der Waals surface area contributed by atoms with Gasteiger partial charge < -0.3 is 49.1 Å². The number of nitrogens with zero attached hydrogens (tertiary/aromatic N) is 1. The number of aliphatic hydroxyl groups excluding tert-OH is 1. The van der Waals surface area contributed by atoms with Gasteiger partial charge in [0.05, 0.1) is 6.61 Å². The molecule has 0 fully saturated rings. The van der Waals surface area contributed by atoms with Gasteiger partial charge in [-0.15, -0.1) is 0 Å². The lowest BCUT2D eigenvalue weighted by atomic mass is 9.97. The van der Waals surface area contributed by atoms with Gasteiger partial charge in [-0.05, 0) is 44.6 Å².